The van der Waals surface area contributed by atoms with E-state index in [4.69, 9.17) is 9.84 Å². The van der Waals surface area contributed by atoms with E-state index in [2.05, 4.69) is 0 Å². The molecular formula is C10H10F6O2. The molecule has 1 fully saturated rings. The van der Waals surface area contributed by atoms with Crippen molar-refractivity contribution in [2.24, 2.45) is 5.92 Å². The Labute approximate surface area is 98.2 Å². The Morgan fingerprint density at radius 1 is 1.06 bits per heavy atom. The number of aliphatic hydroxyl groups is 1. The molecule has 0 aliphatic carbocycles. The van der Waals surface area contributed by atoms with E-state index in [9.17, 15) is 26.3 Å². The second kappa shape index (κ2) is 3.86. The van der Waals surface area contributed by atoms with Gasteiger partial charge in [-0.3, -0.25) is 0 Å². The van der Waals surface area contributed by atoms with Crippen molar-refractivity contribution in [2.75, 3.05) is 0 Å². The minimum Gasteiger partial charge on any atom is -0.374 e. The molecular weight excluding hydrogens is 266 g/mol. The lowest BCUT2D eigenvalue weighted by Gasteiger charge is -2.35. The number of rotatable bonds is 2. The van der Waals surface area contributed by atoms with Crippen molar-refractivity contribution in [1.29, 1.82) is 0 Å². The summed E-state index contributed by atoms with van der Waals surface area (Å²) in [5.74, 6) is -0.978. The molecule has 0 radical (unpaired) electrons. The third-order valence-corrected chi connectivity index (χ3v) is 3.34. The van der Waals surface area contributed by atoms with E-state index < -0.39 is 42.5 Å². The molecule has 0 aromatic carbocycles. The zero-order chi connectivity index (χ0) is 13.8. The van der Waals surface area contributed by atoms with Crippen LogP contribution in [0.25, 0.3) is 0 Å². The van der Waals surface area contributed by atoms with E-state index in [1.54, 1.807) is 6.08 Å². The minimum absolute atomic E-state index is 0.0651. The molecule has 1 saturated heterocycles. The fourth-order valence-corrected chi connectivity index (χ4v) is 2.33. The first-order valence-electron chi connectivity index (χ1n) is 5.24. The predicted octanol–water partition coefficient (Wildman–Crippen LogP) is 2.58. The van der Waals surface area contributed by atoms with E-state index in [1.807, 2.05) is 0 Å². The van der Waals surface area contributed by atoms with Crippen molar-refractivity contribution in [3.63, 3.8) is 0 Å². The number of hydrogen-bond acceptors (Lipinski definition) is 2. The van der Waals surface area contributed by atoms with E-state index in [0.29, 0.717) is 0 Å². The summed E-state index contributed by atoms with van der Waals surface area (Å²) in [4.78, 5) is 0. The molecule has 2 aliphatic heterocycles. The average molecular weight is 276 g/mol. The van der Waals surface area contributed by atoms with Gasteiger partial charge in [-0.05, 0) is 18.8 Å². The predicted molar refractivity (Wildman–Crippen MR) is 47.6 cm³/mol. The largest absolute Gasteiger partial charge is 0.426 e. The highest BCUT2D eigenvalue weighted by Gasteiger charge is 2.71. The first kappa shape index (κ1) is 13.7. The van der Waals surface area contributed by atoms with Crippen LogP contribution in [0.1, 0.15) is 12.8 Å². The van der Waals surface area contributed by atoms with Gasteiger partial charge in [-0.25, -0.2) is 0 Å². The van der Waals surface area contributed by atoms with Gasteiger partial charge in [-0.1, -0.05) is 12.2 Å². The maximum atomic E-state index is 12.5. The maximum absolute atomic E-state index is 12.5. The van der Waals surface area contributed by atoms with Gasteiger partial charge in [0.2, 0.25) is 0 Å². The fourth-order valence-electron chi connectivity index (χ4n) is 2.33. The lowest BCUT2D eigenvalue weighted by atomic mass is 9.82. The van der Waals surface area contributed by atoms with Crippen molar-refractivity contribution in [3.05, 3.63) is 12.2 Å². The Morgan fingerprint density at radius 2 is 1.61 bits per heavy atom. The van der Waals surface area contributed by atoms with Gasteiger partial charge in [0.25, 0.3) is 5.60 Å². The summed E-state index contributed by atoms with van der Waals surface area (Å²) < 4.78 is 79.9. The molecule has 2 bridgehead atoms. The van der Waals surface area contributed by atoms with Crippen LogP contribution in [0.3, 0.4) is 0 Å². The van der Waals surface area contributed by atoms with E-state index in [-0.39, 0.29) is 6.42 Å². The van der Waals surface area contributed by atoms with E-state index in [1.165, 1.54) is 6.08 Å². The highest BCUT2D eigenvalue weighted by Crippen LogP contribution is 2.49. The van der Waals surface area contributed by atoms with Crippen molar-refractivity contribution in [3.8, 4) is 0 Å². The Bertz CT molecular complexity index is 344. The molecule has 2 nitrogen and oxygen atoms in total. The summed E-state index contributed by atoms with van der Waals surface area (Å²) in [7, 11) is 0. The maximum Gasteiger partial charge on any atom is 0.426 e. The van der Waals surface area contributed by atoms with Crippen molar-refractivity contribution in [2.45, 2.75) is 43.0 Å². The van der Waals surface area contributed by atoms with Crippen LogP contribution in [0.5, 0.6) is 0 Å². The third-order valence-electron chi connectivity index (χ3n) is 3.34. The van der Waals surface area contributed by atoms with Crippen LogP contribution >= 0.6 is 0 Å². The molecule has 104 valence electrons. The smallest absolute Gasteiger partial charge is 0.374 e. The van der Waals surface area contributed by atoms with Gasteiger partial charge in [0.05, 0.1) is 12.2 Å². The molecule has 3 atom stereocenters. The lowest BCUT2D eigenvalue weighted by Crippen LogP contribution is -2.58. The Balaban J connectivity index is 2.19. The monoisotopic (exact) mass is 276 g/mol. The standard InChI is InChI=1S/C10H10F6O2/c11-9(12,13)8(17,10(14,15)16)4-5-3-6-1-2-7(5)18-6/h1-2,5-7,17H,3-4H2. The topological polar surface area (TPSA) is 29.5 Å². The van der Waals surface area contributed by atoms with Crippen LogP contribution in [0.2, 0.25) is 0 Å². The lowest BCUT2D eigenvalue weighted by molar-refractivity contribution is -0.372. The van der Waals surface area contributed by atoms with Crippen LogP contribution in [0, 0.1) is 5.92 Å². The highest BCUT2D eigenvalue weighted by atomic mass is 19.4. The molecule has 2 heterocycles. The Kier molecular flexibility index (Phi) is 2.93. The molecule has 0 saturated carbocycles. The summed E-state index contributed by atoms with van der Waals surface area (Å²) in [6.45, 7) is 0. The van der Waals surface area contributed by atoms with Crippen LogP contribution in [-0.4, -0.2) is 35.3 Å². The van der Waals surface area contributed by atoms with Crippen LogP contribution < -0.4 is 0 Å². The first-order chi connectivity index (χ1) is 8.04. The van der Waals surface area contributed by atoms with Gasteiger partial charge in [0.15, 0.2) is 0 Å². The van der Waals surface area contributed by atoms with Gasteiger partial charge in [0, 0.05) is 0 Å². The summed E-state index contributed by atoms with van der Waals surface area (Å²) in [5, 5.41) is 9.04. The number of halogens is 6. The molecule has 2 aliphatic rings. The normalized spacial score (nSPS) is 32.3. The molecule has 18 heavy (non-hydrogen) atoms. The number of hydrogen-bond donors (Lipinski definition) is 1. The molecule has 0 aromatic heterocycles. The molecule has 0 spiro atoms. The average Bonchev–Trinajstić information content (AvgIpc) is 2.75. The SMILES string of the molecule is OC(CC1CC2C=CC1O2)(C(F)(F)F)C(F)(F)F. The molecule has 1 N–H and O–H groups in total. The second-order valence-corrected chi connectivity index (χ2v) is 4.58. The highest BCUT2D eigenvalue weighted by molar-refractivity contribution is 5.12. The van der Waals surface area contributed by atoms with Crippen molar-refractivity contribution in [1.82, 2.24) is 0 Å². The third kappa shape index (κ3) is 2.01. The number of ether oxygens (including phenoxy) is 1. The Hall–Kier alpha value is -0.760. The quantitative estimate of drug-likeness (QED) is 0.620. The first-order valence-corrected chi connectivity index (χ1v) is 5.24. The molecule has 0 amide bonds. The van der Waals surface area contributed by atoms with E-state index >= 15 is 0 Å². The zero-order valence-corrected chi connectivity index (χ0v) is 8.92. The number of alkyl halides is 6. The van der Waals surface area contributed by atoms with Crippen molar-refractivity contribution < 1.29 is 36.2 Å². The summed E-state index contributed by atoms with van der Waals surface area (Å²) in [6, 6.07) is 0. The van der Waals surface area contributed by atoms with Gasteiger partial charge in [0.1, 0.15) is 0 Å². The van der Waals surface area contributed by atoms with Gasteiger partial charge in [-0.15, -0.1) is 0 Å². The van der Waals surface area contributed by atoms with Crippen LogP contribution in [0.4, 0.5) is 26.3 Å². The van der Waals surface area contributed by atoms with Crippen LogP contribution in [0.15, 0.2) is 12.2 Å². The second-order valence-electron chi connectivity index (χ2n) is 4.58. The summed E-state index contributed by atoms with van der Waals surface area (Å²) in [6.07, 6.45) is -11.0. The molecule has 3 unspecified atom stereocenters. The van der Waals surface area contributed by atoms with Gasteiger partial charge >= 0.3 is 12.4 Å². The van der Waals surface area contributed by atoms with Crippen LogP contribution in [-0.2, 0) is 4.74 Å². The summed E-state index contributed by atoms with van der Waals surface area (Å²) in [5.41, 5.74) is -4.67. The fraction of sp³-hybridized carbons (Fsp3) is 0.800. The van der Waals surface area contributed by atoms with E-state index in [0.717, 1.165) is 0 Å². The summed E-state index contributed by atoms with van der Waals surface area (Å²) >= 11 is 0. The Morgan fingerprint density at radius 3 is 1.94 bits per heavy atom. The van der Waals surface area contributed by atoms with Gasteiger partial charge in [-0.2, -0.15) is 26.3 Å². The molecule has 8 heteroatoms. The molecule has 0 aromatic rings. The minimum atomic E-state index is -5.75. The van der Waals surface area contributed by atoms with Crippen molar-refractivity contribution >= 4 is 0 Å². The zero-order valence-electron chi connectivity index (χ0n) is 8.92. The molecule has 2 rings (SSSR count). The van der Waals surface area contributed by atoms with Gasteiger partial charge < -0.3 is 9.84 Å². The number of fused-ring (bicyclic) bond motifs is 2.